The van der Waals surface area contributed by atoms with E-state index < -0.39 is 10.0 Å². The Balaban J connectivity index is 1.82. The van der Waals surface area contributed by atoms with Crippen LogP contribution in [-0.2, 0) is 28.4 Å². The first-order chi connectivity index (χ1) is 12.5. The Kier molecular flexibility index (Phi) is 7.41. The molecule has 0 aliphatic heterocycles. The molecule has 1 aliphatic rings. The summed E-state index contributed by atoms with van der Waals surface area (Å²) in [7, 11) is 4.51. The van der Waals surface area contributed by atoms with Crippen molar-refractivity contribution in [3.8, 4) is 0 Å². The van der Waals surface area contributed by atoms with E-state index >= 15 is 0 Å². The van der Waals surface area contributed by atoms with Gasteiger partial charge in [-0.25, -0.2) is 13.1 Å². The van der Waals surface area contributed by atoms with Crippen LogP contribution in [0.25, 0.3) is 0 Å². The number of nitrogens with one attached hydrogen (secondary N) is 1. The molecule has 1 saturated carbocycles. The Bertz CT molecular complexity index is 736. The molecule has 0 unspecified atom stereocenters. The van der Waals surface area contributed by atoms with Gasteiger partial charge in [0.25, 0.3) is 0 Å². The highest BCUT2D eigenvalue weighted by Crippen LogP contribution is 2.35. The van der Waals surface area contributed by atoms with Crippen LogP contribution in [0.15, 0.2) is 6.07 Å². The minimum absolute atomic E-state index is 0.173. The minimum Gasteiger partial charge on any atom is -0.344 e. The summed E-state index contributed by atoms with van der Waals surface area (Å²) in [5, 5.41) is 4.71. The quantitative estimate of drug-likeness (QED) is 0.697. The van der Waals surface area contributed by atoms with Crippen LogP contribution in [0.2, 0.25) is 0 Å². The molecule has 0 saturated heterocycles. The van der Waals surface area contributed by atoms with E-state index in [-0.39, 0.29) is 12.5 Å². The fourth-order valence-corrected chi connectivity index (χ4v) is 4.05. The molecule has 27 heavy (non-hydrogen) atoms. The van der Waals surface area contributed by atoms with Crippen molar-refractivity contribution in [2.45, 2.75) is 38.1 Å². The van der Waals surface area contributed by atoms with Gasteiger partial charge in [0.2, 0.25) is 15.9 Å². The SMILES string of the molecule is CN(C)Cc1cc(C2CCC(CN(C)C(=O)CNS(C)(=O)=O)CC2)nn1C. The van der Waals surface area contributed by atoms with Crippen molar-refractivity contribution in [2.75, 3.05) is 40.5 Å². The first-order valence-electron chi connectivity index (χ1n) is 9.41. The molecule has 0 bridgehead atoms. The summed E-state index contributed by atoms with van der Waals surface area (Å²) in [6.07, 6.45) is 5.32. The summed E-state index contributed by atoms with van der Waals surface area (Å²) >= 11 is 0. The standard InChI is InChI=1S/C18H33N5O3S/c1-21(2)13-16-10-17(20-23(16)4)15-8-6-14(7-9-15)12-22(3)18(24)11-19-27(5,25)26/h10,14-15,19H,6-9,11-13H2,1-5H3. The molecule has 1 fully saturated rings. The van der Waals surface area contributed by atoms with Crippen LogP contribution in [0.1, 0.15) is 43.0 Å². The van der Waals surface area contributed by atoms with Crippen LogP contribution >= 0.6 is 0 Å². The Labute approximate surface area is 162 Å². The second-order valence-electron chi connectivity index (χ2n) is 8.01. The first-order valence-corrected chi connectivity index (χ1v) is 11.3. The number of nitrogens with zero attached hydrogens (tertiary/aromatic N) is 4. The lowest BCUT2D eigenvalue weighted by Gasteiger charge is -2.30. The molecular formula is C18H33N5O3S. The predicted molar refractivity (Wildman–Crippen MR) is 106 cm³/mol. The van der Waals surface area contributed by atoms with Crippen molar-refractivity contribution in [3.05, 3.63) is 17.5 Å². The van der Waals surface area contributed by atoms with E-state index in [9.17, 15) is 13.2 Å². The fraction of sp³-hybridized carbons (Fsp3) is 0.778. The van der Waals surface area contributed by atoms with Gasteiger partial charge < -0.3 is 9.80 Å². The van der Waals surface area contributed by atoms with E-state index in [1.165, 1.54) is 11.4 Å². The number of sulfonamides is 1. The van der Waals surface area contributed by atoms with E-state index in [0.29, 0.717) is 18.4 Å². The van der Waals surface area contributed by atoms with Crippen LogP contribution in [-0.4, -0.2) is 74.4 Å². The van der Waals surface area contributed by atoms with Gasteiger partial charge in [0.1, 0.15) is 0 Å². The topological polar surface area (TPSA) is 87.5 Å². The van der Waals surface area contributed by atoms with Gasteiger partial charge in [-0.05, 0) is 51.8 Å². The van der Waals surface area contributed by atoms with Crippen LogP contribution in [0, 0.1) is 5.92 Å². The molecule has 2 rings (SSSR count). The number of rotatable bonds is 8. The molecule has 1 N–H and O–H groups in total. The van der Waals surface area contributed by atoms with E-state index in [1.807, 2.05) is 11.7 Å². The van der Waals surface area contributed by atoms with Gasteiger partial charge >= 0.3 is 0 Å². The number of hydrogen-bond donors (Lipinski definition) is 1. The zero-order chi connectivity index (χ0) is 20.2. The third-order valence-corrected chi connectivity index (χ3v) is 5.85. The Morgan fingerprint density at radius 2 is 1.89 bits per heavy atom. The van der Waals surface area contributed by atoms with Crippen molar-refractivity contribution < 1.29 is 13.2 Å². The molecule has 1 heterocycles. The summed E-state index contributed by atoms with van der Waals surface area (Å²) in [5.41, 5.74) is 2.40. The second-order valence-corrected chi connectivity index (χ2v) is 9.84. The molecule has 1 amide bonds. The highest BCUT2D eigenvalue weighted by molar-refractivity contribution is 7.88. The lowest BCUT2D eigenvalue weighted by molar-refractivity contribution is -0.129. The molecular weight excluding hydrogens is 366 g/mol. The molecule has 1 aliphatic carbocycles. The molecule has 0 atom stereocenters. The number of amides is 1. The molecule has 1 aromatic heterocycles. The second kappa shape index (κ2) is 9.16. The Morgan fingerprint density at radius 3 is 2.44 bits per heavy atom. The number of aryl methyl sites for hydroxylation is 1. The minimum atomic E-state index is -3.34. The number of carbonyl (C=O) groups is 1. The maximum absolute atomic E-state index is 12.1. The van der Waals surface area contributed by atoms with Crippen LogP contribution in [0.5, 0.6) is 0 Å². The number of carbonyl (C=O) groups excluding carboxylic acids is 1. The van der Waals surface area contributed by atoms with Gasteiger partial charge in [-0.1, -0.05) is 0 Å². The number of likely N-dealkylation sites (N-methyl/N-ethyl adjacent to an activating group) is 1. The maximum Gasteiger partial charge on any atom is 0.237 e. The molecule has 0 aromatic carbocycles. The maximum atomic E-state index is 12.1. The highest BCUT2D eigenvalue weighted by Gasteiger charge is 2.26. The highest BCUT2D eigenvalue weighted by atomic mass is 32.2. The average Bonchev–Trinajstić information content (AvgIpc) is 2.92. The van der Waals surface area contributed by atoms with E-state index in [1.54, 1.807) is 11.9 Å². The smallest absolute Gasteiger partial charge is 0.237 e. The molecule has 9 heteroatoms. The van der Waals surface area contributed by atoms with Gasteiger partial charge in [-0.3, -0.25) is 9.48 Å². The van der Waals surface area contributed by atoms with Crippen molar-refractivity contribution in [2.24, 2.45) is 13.0 Å². The molecule has 0 spiro atoms. The van der Waals surface area contributed by atoms with Crippen LogP contribution in [0.4, 0.5) is 0 Å². The van der Waals surface area contributed by atoms with Crippen LogP contribution in [0.3, 0.4) is 0 Å². The van der Waals surface area contributed by atoms with Gasteiger partial charge in [0.15, 0.2) is 0 Å². The van der Waals surface area contributed by atoms with E-state index in [0.717, 1.165) is 38.5 Å². The molecule has 0 radical (unpaired) electrons. The molecule has 154 valence electrons. The van der Waals surface area contributed by atoms with Crippen molar-refractivity contribution in [1.29, 1.82) is 0 Å². The monoisotopic (exact) mass is 399 g/mol. The lowest BCUT2D eigenvalue weighted by Crippen LogP contribution is -2.40. The Morgan fingerprint density at radius 1 is 1.26 bits per heavy atom. The van der Waals surface area contributed by atoms with Gasteiger partial charge in [0, 0.05) is 33.1 Å². The van der Waals surface area contributed by atoms with Crippen molar-refractivity contribution in [3.63, 3.8) is 0 Å². The summed E-state index contributed by atoms with van der Waals surface area (Å²) in [4.78, 5) is 15.8. The normalized spacial score (nSPS) is 20.8. The molecule has 1 aromatic rings. The summed E-state index contributed by atoms with van der Waals surface area (Å²) < 4.78 is 26.5. The van der Waals surface area contributed by atoms with Gasteiger partial charge in [0.05, 0.1) is 24.2 Å². The average molecular weight is 400 g/mol. The first kappa shape index (κ1) is 21.8. The van der Waals surface area contributed by atoms with E-state index in [4.69, 9.17) is 5.10 Å². The number of hydrogen-bond acceptors (Lipinski definition) is 5. The lowest BCUT2D eigenvalue weighted by atomic mass is 9.80. The van der Waals surface area contributed by atoms with Gasteiger partial charge in [-0.15, -0.1) is 0 Å². The van der Waals surface area contributed by atoms with Gasteiger partial charge in [-0.2, -0.15) is 5.10 Å². The summed E-state index contributed by atoms with van der Waals surface area (Å²) in [6.45, 7) is 1.38. The number of aromatic nitrogens is 2. The molecule has 8 nitrogen and oxygen atoms in total. The fourth-order valence-electron chi connectivity index (χ4n) is 3.66. The van der Waals surface area contributed by atoms with E-state index in [2.05, 4.69) is 29.8 Å². The zero-order valence-corrected chi connectivity index (χ0v) is 17.9. The summed E-state index contributed by atoms with van der Waals surface area (Å²) in [6, 6.07) is 2.22. The predicted octanol–water partition coefficient (Wildman–Crippen LogP) is 0.763. The van der Waals surface area contributed by atoms with Crippen molar-refractivity contribution in [1.82, 2.24) is 24.3 Å². The Hall–Kier alpha value is -1.45. The van der Waals surface area contributed by atoms with Crippen LogP contribution < -0.4 is 4.72 Å². The third kappa shape index (κ3) is 6.90. The third-order valence-electron chi connectivity index (χ3n) is 5.18. The summed E-state index contributed by atoms with van der Waals surface area (Å²) in [5.74, 6) is 0.746. The van der Waals surface area contributed by atoms with Crippen molar-refractivity contribution >= 4 is 15.9 Å². The largest absolute Gasteiger partial charge is 0.344 e. The zero-order valence-electron chi connectivity index (χ0n) is 17.1.